The number of aliphatic carboxylic acids is 3. The highest BCUT2D eigenvalue weighted by Gasteiger charge is 2.61. The number of nitrogens with one attached hydrogen (secondary N) is 3. The van der Waals surface area contributed by atoms with E-state index in [1.165, 1.54) is 58.3 Å². The quantitative estimate of drug-likeness (QED) is 0.0291. The van der Waals surface area contributed by atoms with Crippen LogP contribution in [-0.2, 0) is 157 Å². The SMILES string of the molecule is CC(C)O[C@@H]1O[C@@H](C(=O)O)[C@@H](O[C@H]2O[C@H](COS(=O)(=O)O)[C@@H](O[C@@H]3O[C@@H](C(=O)O)[C@@H](O[C@H]4O[C@H](COS(=O)(=O)O)[C@@H](O[C@@H]5O[C@@H](C(=O)O)[C@@H](O[C@H]6O[C@H](COS(=O)(=O)O)[C@@H](O)[C@H](O)[C@H]6NS(=O)(=O)O)[C@H](O)[C@H]5O)[C@H](OCc5ccccc5)[C@H]4NS(=O)(=O)O)[C@H](O)[C@H]3O)[C@H](O)[C@H]2NS(=O)(=O)O)[C@H](O)[C@H]1O. The number of rotatable bonds is 33. The summed E-state index contributed by atoms with van der Waals surface area (Å²) >= 11 is 0. The minimum absolute atomic E-state index is 0.0904. The highest BCUT2D eigenvalue weighted by molar-refractivity contribution is 7.84. The molecule has 1 aromatic carbocycles. The Kier molecular flexibility index (Phi) is 29.3. The average Bonchev–Trinajstić information content (AvgIpc) is 0.765. The maximum atomic E-state index is 13.3. The van der Waals surface area contributed by atoms with Crippen molar-refractivity contribution in [2.45, 2.75) is 211 Å². The first-order valence-corrected chi connectivity index (χ1v) is 37.7. The van der Waals surface area contributed by atoms with Crippen LogP contribution in [0.2, 0.25) is 0 Å². The molecular formula is C46H71N3O49S6. The average molecular weight is 1640 g/mol. The van der Waals surface area contributed by atoms with E-state index in [2.05, 4.69) is 12.5 Å². The van der Waals surface area contributed by atoms with E-state index in [-0.39, 0.29) is 5.56 Å². The van der Waals surface area contributed by atoms with Crippen molar-refractivity contribution in [2.24, 2.45) is 0 Å². The van der Waals surface area contributed by atoms with E-state index < -0.39 is 297 Å². The first-order valence-electron chi connectivity index (χ1n) is 29.2. The summed E-state index contributed by atoms with van der Waals surface area (Å²) in [5, 5.41) is 133. The van der Waals surface area contributed by atoms with E-state index in [1.54, 1.807) is 0 Å². The fraction of sp³-hybridized carbons (Fsp3) is 0.804. The number of aliphatic hydroxyl groups excluding tert-OH is 9. The zero-order valence-corrected chi connectivity index (χ0v) is 57.2. The van der Waals surface area contributed by atoms with Crippen molar-refractivity contribution < 1.29 is 228 Å². The summed E-state index contributed by atoms with van der Waals surface area (Å²) in [6.07, 6.45) is -71.8. The van der Waals surface area contributed by atoms with Crippen LogP contribution in [0, 0.1) is 0 Å². The van der Waals surface area contributed by atoms with Gasteiger partial charge < -0.3 is 123 Å². The third-order valence-corrected chi connectivity index (χ3v) is 18.5. The standard InChI is InChI=1S/C46H71N3O49S6/c1-12(2)87-44-26(56)23(53)32(35(96-44)38(59)60)94-42-18(48-100(68,69)70)22(52)29(15(89-42)10-85-103(77,78)79)91-45-27(57)24(54)34(37(97-45)40(63)64)95-43-19(49-101(71,72)73)31(83-8-13-6-4-3-5-7-13)30(16(90-43)11-86-104(80,81)82)92-46-28(58)25(55)33(36(98-46)39(61)62)93-41-17(47-99(65,66)67)21(51)20(50)14(88-41)9-84-102(74,75)76/h3-7,12,14-37,41-58H,8-11H2,1-2H3,(H,59,60)(H,61,62)(H,63,64)(H,65,66,67)(H,68,69,70)(H,71,72,73)(H,74,75,76)(H,77,78,79)(H,80,81,82)/t14-,15-,16-,17-,18-,19-,20-,21-,22-,23-,24-,25-,26-,27-,28-,29-,30-,31-,32+,33+,34+,35-,36-,37-,41-,42-,43-,44-,45-,46-/m1/s1. The molecule has 6 saturated heterocycles. The molecular weight excluding hydrogens is 1570 g/mol. The molecule has 30 atom stereocenters. The van der Waals surface area contributed by atoms with Crippen molar-refractivity contribution in [3.8, 4) is 0 Å². The van der Waals surface area contributed by atoms with Crippen LogP contribution >= 0.6 is 0 Å². The summed E-state index contributed by atoms with van der Waals surface area (Å²) in [5.41, 5.74) is 0.0904. The Morgan fingerprint density at radius 3 is 1.10 bits per heavy atom. The molecule has 52 nitrogen and oxygen atoms in total. The summed E-state index contributed by atoms with van der Waals surface area (Å²) in [6.45, 7) is -2.85. The molecule has 6 fully saturated rings. The normalized spacial score (nSPS) is 39.4. The van der Waals surface area contributed by atoms with Gasteiger partial charge in [0.15, 0.2) is 56.1 Å². The molecule has 1 aromatic rings. The zero-order chi connectivity index (χ0) is 78.0. The van der Waals surface area contributed by atoms with E-state index in [0.717, 1.165) is 0 Å². The van der Waals surface area contributed by atoms with Gasteiger partial charge in [-0.1, -0.05) is 30.3 Å². The minimum Gasteiger partial charge on any atom is -0.479 e. The number of ether oxygens (including phenoxy) is 13. The van der Waals surface area contributed by atoms with Crippen LogP contribution in [0.5, 0.6) is 0 Å². The van der Waals surface area contributed by atoms with Gasteiger partial charge >= 0.3 is 80.0 Å². The van der Waals surface area contributed by atoms with Crippen LogP contribution in [0.25, 0.3) is 0 Å². The molecule has 6 heterocycles. The summed E-state index contributed by atoms with van der Waals surface area (Å²) in [5.74, 6) is -6.58. The molecule has 0 saturated carbocycles. The Labute approximate surface area is 585 Å². The molecule has 0 bridgehead atoms. The van der Waals surface area contributed by atoms with Gasteiger partial charge in [0, 0.05) is 0 Å². The van der Waals surface area contributed by atoms with Crippen molar-refractivity contribution in [3.05, 3.63) is 35.9 Å². The van der Waals surface area contributed by atoms with Gasteiger partial charge in [0.2, 0.25) is 0 Å². The molecule has 21 N–H and O–H groups in total. The molecule has 600 valence electrons. The lowest BCUT2D eigenvalue weighted by Crippen LogP contribution is -2.71. The predicted molar refractivity (Wildman–Crippen MR) is 312 cm³/mol. The molecule has 104 heavy (non-hydrogen) atoms. The van der Waals surface area contributed by atoms with E-state index in [4.69, 9.17) is 66.1 Å². The van der Waals surface area contributed by atoms with Crippen LogP contribution in [0.15, 0.2) is 30.3 Å². The van der Waals surface area contributed by atoms with Crippen LogP contribution < -0.4 is 14.2 Å². The second-order valence-corrected chi connectivity index (χ2v) is 30.1. The van der Waals surface area contributed by atoms with Crippen molar-refractivity contribution in [1.82, 2.24) is 14.2 Å². The molecule has 0 radical (unpaired) electrons. The van der Waals surface area contributed by atoms with Crippen LogP contribution in [0.4, 0.5) is 0 Å². The summed E-state index contributed by atoms with van der Waals surface area (Å²) in [7, 11) is -33.9. The van der Waals surface area contributed by atoms with Crippen molar-refractivity contribution in [3.63, 3.8) is 0 Å². The molecule has 0 aromatic heterocycles. The molecule has 7 rings (SSSR count). The number of carboxylic acid groups (broad SMARTS) is 3. The number of hydrogen-bond donors (Lipinski definition) is 21. The number of aliphatic hydroxyl groups is 9. The maximum absolute atomic E-state index is 13.3. The molecule has 58 heteroatoms. The molecule has 0 aliphatic carbocycles. The van der Waals surface area contributed by atoms with Crippen molar-refractivity contribution in [2.75, 3.05) is 19.8 Å². The summed E-state index contributed by atoms with van der Waals surface area (Å²) in [6, 6.07) is -1.00. The smallest absolute Gasteiger partial charge is 0.397 e. The van der Waals surface area contributed by atoms with E-state index in [0.29, 0.717) is 0 Å². The van der Waals surface area contributed by atoms with Gasteiger partial charge in [-0.05, 0) is 19.4 Å². The first-order chi connectivity index (χ1) is 47.8. The van der Waals surface area contributed by atoms with Crippen LogP contribution in [-0.4, -0.2) is 367 Å². The highest BCUT2D eigenvalue weighted by atomic mass is 32.3. The molecule has 0 spiro atoms. The lowest BCUT2D eigenvalue weighted by molar-refractivity contribution is -0.380. The topological polar surface area (TPSA) is 804 Å². The minimum atomic E-state index is -5.86. The lowest BCUT2D eigenvalue weighted by Gasteiger charge is -2.51. The maximum Gasteiger partial charge on any atom is 0.397 e. The van der Waals surface area contributed by atoms with Crippen molar-refractivity contribution >= 4 is 80.0 Å². The fourth-order valence-electron chi connectivity index (χ4n) is 11.1. The monoisotopic (exact) mass is 1640 g/mol. The zero-order valence-electron chi connectivity index (χ0n) is 52.3. The fourth-order valence-corrected chi connectivity index (χ4v) is 13.8. The summed E-state index contributed by atoms with van der Waals surface area (Å²) < 4.78 is 294. The number of carbonyl (C=O) groups is 3. The van der Waals surface area contributed by atoms with Gasteiger partial charge in [-0.3, -0.25) is 27.3 Å². The van der Waals surface area contributed by atoms with E-state index in [1.807, 2.05) is 0 Å². The molecule has 0 unspecified atom stereocenters. The Morgan fingerprint density at radius 2 is 0.712 bits per heavy atom. The Hall–Kier alpha value is -4.03. The van der Waals surface area contributed by atoms with Gasteiger partial charge in [0.05, 0.1) is 32.5 Å². The Bertz CT molecular complexity index is 3790. The largest absolute Gasteiger partial charge is 0.479 e. The highest BCUT2D eigenvalue weighted by Crippen LogP contribution is 2.39. The third-order valence-electron chi connectivity index (χ3n) is 15.5. The lowest BCUT2D eigenvalue weighted by atomic mass is 9.94. The third kappa shape index (κ3) is 23.5. The van der Waals surface area contributed by atoms with Gasteiger partial charge in [-0.15, -0.1) is 0 Å². The van der Waals surface area contributed by atoms with Gasteiger partial charge in [0.1, 0.15) is 128 Å². The van der Waals surface area contributed by atoms with Gasteiger partial charge in [-0.25, -0.2) is 26.9 Å². The van der Waals surface area contributed by atoms with Gasteiger partial charge in [-0.2, -0.15) is 64.7 Å². The molecule has 6 aliphatic rings. The Balaban J connectivity index is 1.23. The number of benzene rings is 1. The van der Waals surface area contributed by atoms with E-state index >= 15 is 0 Å². The van der Waals surface area contributed by atoms with Crippen molar-refractivity contribution in [1.29, 1.82) is 0 Å². The Morgan fingerprint density at radius 1 is 0.385 bits per heavy atom. The second kappa shape index (κ2) is 34.9. The van der Waals surface area contributed by atoms with E-state index in [9.17, 15) is 149 Å². The molecule has 0 amide bonds. The number of hydrogen-bond acceptors (Lipinski definition) is 40. The van der Waals surface area contributed by atoms with Crippen LogP contribution in [0.1, 0.15) is 19.4 Å². The van der Waals surface area contributed by atoms with Gasteiger partial charge in [0.25, 0.3) is 0 Å². The predicted octanol–water partition coefficient (Wildman–Crippen LogP) is -12.5. The number of carboxylic acids is 3. The summed E-state index contributed by atoms with van der Waals surface area (Å²) in [4.78, 5) is 38.8. The van der Waals surface area contributed by atoms with Crippen LogP contribution in [0.3, 0.4) is 0 Å². The first kappa shape index (κ1) is 87.2. The second-order valence-electron chi connectivity index (χ2n) is 23.3. The molecule has 6 aliphatic heterocycles.